The molecule has 0 bridgehead atoms. The van der Waals surface area contributed by atoms with Gasteiger partial charge in [0.15, 0.2) is 0 Å². The van der Waals surface area contributed by atoms with E-state index >= 15 is 0 Å². The quantitative estimate of drug-likeness (QED) is 0.545. The van der Waals surface area contributed by atoms with Gasteiger partial charge in [-0.2, -0.15) is 0 Å². The first-order valence-electron chi connectivity index (χ1n) is 2.80. The highest BCUT2D eigenvalue weighted by Crippen LogP contribution is 2.28. The van der Waals surface area contributed by atoms with Gasteiger partial charge in [0.05, 0.1) is 15.1 Å². The lowest BCUT2D eigenvalue weighted by molar-refractivity contribution is -0.122. The Morgan fingerprint density at radius 3 is 1.75 bits per heavy atom. The van der Waals surface area contributed by atoms with Gasteiger partial charge in [0, 0.05) is 0 Å². The van der Waals surface area contributed by atoms with Crippen LogP contribution in [0, 0.1) is 0 Å². The molecule has 0 aromatic heterocycles. The van der Waals surface area contributed by atoms with E-state index in [9.17, 15) is 0 Å². The van der Waals surface area contributed by atoms with E-state index in [-0.39, 0.29) is 6.47 Å². The first-order valence-corrected chi connectivity index (χ1v) is 3.94. The number of carboxylic acid groups (broad SMARTS) is 1. The van der Waals surface area contributed by atoms with Gasteiger partial charge < -0.3 is 5.11 Å². The average molecular weight is 227 g/mol. The van der Waals surface area contributed by atoms with Crippen LogP contribution < -0.4 is 0 Å². The largest absolute Gasteiger partial charge is 0.483 e. The monoisotopic (exact) mass is 226 g/mol. The fourth-order valence-electron chi connectivity index (χ4n) is 0.477. The van der Waals surface area contributed by atoms with Gasteiger partial charge in [-0.15, -0.1) is 0 Å². The zero-order valence-corrected chi connectivity index (χ0v) is 8.07. The summed E-state index contributed by atoms with van der Waals surface area (Å²) in [5.74, 6) is 0. The Morgan fingerprint density at radius 1 is 1.17 bits per heavy atom. The number of benzene rings is 1. The normalized spacial score (nSPS) is 8.25. The molecule has 0 aliphatic carbocycles. The molecule has 1 N–H and O–H groups in total. The smallest absolute Gasteiger partial charge is 0.290 e. The molecule has 0 saturated heterocycles. The molecule has 0 heterocycles. The van der Waals surface area contributed by atoms with Crippen LogP contribution >= 0.6 is 34.8 Å². The van der Waals surface area contributed by atoms with Crippen molar-refractivity contribution >= 4 is 41.3 Å². The Labute approximate surface area is 84.7 Å². The van der Waals surface area contributed by atoms with Gasteiger partial charge in [-0.05, 0) is 12.1 Å². The third-order valence-electron chi connectivity index (χ3n) is 0.904. The summed E-state index contributed by atoms with van der Waals surface area (Å²) in [7, 11) is 0. The molecule has 0 amide bonds. The maximum atomic E-state index is 8.36. The van der Waals surface area contributed by atoms with E-state index in [1.54, 1.807) is 18.2 Å². The van der Waals surface area contributed by atoms with E-state index in [0.717, 1.165) is 0 Å². The number of carbonyl (C=O) groups is 1. The van der Waals surface area contributed by atoms with Crippen molar-refractivity contribution in [3.8, 4) is 0 Å². The topological polar surface area (TPSA) is 37.3 Å². The van der Waals surface area contributed by atoms with Crippen LogP contribution in [0.4, 0.5) is 0 Å². The Morgan fingerprint density at radius 2 is 1.50 bits per heavy atom. The predicted octanol–water partition coefficient (Wildman–Crippen LogP) is 3.35. The van der Waals surface area contributed by atoms with Crippen LogP contribution in [0.1, 0.15) is 0 Å². The summed E-state index contributed by atoms with van der Waals surface area (Å²) in [6, 6.07) is 5.13. The van der Waals surface area contributed by atoms with Crippen LogP contribution in [0.15, 0.2) is 18.2 Å². The molecule has 66 valence electrons. The third kappa shape index (κ3) is 3.81. The Balaban J connectivity index is 0.000000354. The first-order chi connectivity index (χ1) is 5.63. The lowest BCUT2D eigenvalue weighted by Crippen LogP contribution is -1.67. The van der Waals surface area contributed by atoms with E-state index < -0.39 is 0 Å². The molecule has 0 aliphatic heterocycles. The average Bonchev–Trinajstić information content (AvgIpc) is 2.02. The molecule has 0 aliphatic rings. The summed E-state index contributed by atoms with van der Waals surface area (Å²) >= 11 is 16.8. The van der Waals surface area contributed by atoms with Crippen molar-refractivity contribution in [3.05, 3.63) is 33.3 Å². The molecule has 1 rings (SSSR count). The van der Waals surface area contributed by atoms with E-state index in [1.165, 1.54) is 0 Å². The lowest BCUT2D eigenvalue weighted by Gasteiger charge is -1.94. The summed E-state index contributed by atoms with van der Waals surface area (Å²) in [4.78, 5) is 8.36. The first kappa shape index (κ1) is 11.6. The second-order valence-electron chi connectivity index (χ2n) is 1.64. The van der Waals surface area contributed by atoms with Gasteiger partial charge in [0.25, 0.3) is 6.47 Å². The summed E-state index contributed by atoms with van der Waals surface area (Å²) in [5, 5.41) is 8.29. The molecule has 1 aromatic rings. The van der Waals surface area contributed by atoms with Crippen molar-refractivity contribution in [2.45, 2.75) is 0 Å². The van der Waals surface area contributed by atoms with Crippen molar-refractivity contribution in [1.29, 1.82) is 0 Å². The minimum Gasteiger partial charge on any atom is -0.483 e. The summed E-state index contributed by atoms with van der Waals surface area (Å²) in [6.45, 7) is -0.250. The molecule has 0 saturated carbocycles. The molecule has 12 heavy (non-hydrogen) atoms. The van der Waals surface area contributed by atoms with Crippen molar-refractivity contribution in [1.82, 2.24) is 0 Å². The molecule has 0 radical (unpaired) electrons. The minimum absolute atomic E-state index is 0.250. The summed E-state index contributed by atoms with van der Waals surface area (Å²) in [6.07, 6.45) is 0. The molecular formula is C7H5Cl3O2. The highest BCUT2D eigenvalue weighted by atomic mass is 35.5. The van der Waals surface area contributed by atoms with Crippen molar-refractivity contribution in [2.24, 2.45) is 0 Å². The standard InChI is InChI=1S/C6H3Cl3.CH2O2/c7-4-2-1-3-5(8)6(4)9;2-1-3/h1-3H;1H,(H,2,3). The number of halogens is 3. The maximum Gasteiger partial charge on any atom is 0.290 e. The lowest BCUT2D eigenvalue weighted by atomic mass is 10.4. The molecule has 0 atom stereocenters. The van der Waals surface area contributed by atoms with E-state index in [2.05, 4.69) is 0 Å². The molecule has 5 heteroatoms. The van der Waals surface area contributed by atoms with Gasteiger partial charge in [-0.25, -0.2) is 0 Å². The minimum atomic E-state index is -0.250. The van der Waals surface area contributed by atoms with Gasteiger partial charge in [0.1, 0.15) is 0 Å². The molecule has 0 fully saturated rings. The fourth-order valence-corrected chi connectivity index (χ4v) is 1.00. The Hall–Kier alpha value is -0.440. The van der Waals surface area contributed by atoms with Gasteiger partial charge >= 0.3 is 0 Å². The van der Waals surface area contributed by atoms with E-state index in [0.29, 0.717) is 15.1 Å². The molecule has 2 nitrogen and oxygen atoms in total. The summed E-state index contributed by atoms with van der Waals surface area (Å²) in [5.41, 5.74) is 0. The number of rotatable bonds is 0. The van der Waals surface area contributed by atoms with Gasteiger partial charge in [-0.3, -0.25) is 4.79 Å². The Kier molecular flexibility index (Phi) is 5.89. The molecule has 0 spiro atoms. The van der Waals surface area contributed by atoms with Crippen molar-refractivity contribution < 1.29 is 9.90 Å². The predicted molar refractivity (Wildman–Crippen MR) is 50.2 cm³/mol. The zero-order valence-electron chi connectivity index (χ0n) is 5.80. The highest BCUT2D eigenvalue weighted by molar-refractivity contribution is 6.47. The SMILES string of the molecule is Clc1cccc(Cl)c1Cl.O=CO. The Bertz CT molecular complexity index is 243. The van der Waals surface area contributed by atoms with Gasteiger partial charge in [-0.1, -0.05) is 40.9 Å². The number of hydrogen-bond donors (Lipinski definition) is 1. The van der Waals surface area contributed by atoms with Crippen LogP contribution in [0.25, 0.3) is 0 Å². The maximum absolute atomic E-state index is 8.36. The second-order valence-corrected chi connectivity index (χ2v) is 2.83. The number of hydrogen-bond acceptors (Lipinski definition) is 1. The van der Waals surface area contributed by atoms with E-state index in [4.69, 9.17) is 44.7 Å². The van der Waals surface area contributed by atoms with Crippen LogP contribution in [-0.4, -0.2) is 11.6 Å². The fraction of sp³-hybridized carbons (Fsp3) is 0. The molecule has 0 unspecified atom stereocenters. The second kappa shape index (κ2) is 6.12. The van der Waals surface area contributed by atoms with Crippen LogP contribution in [-0.2, 0) is 4.79 Å². The van der Waals surface area contributed by atoms with E-state index in [1.807, 2.05) is 0 Å². The van der Waals surface area contributed by atoms with Crippen LogP contribution in [0.5, 0.6) is 0 Å². The summed E-state index contributed by atoms with van der Waals surface area (Å²) < 4.78 is 0. The molecule has 1 aromatic carbocycles. The van der Waals surface area contributed by atoms with Crippen molar-refractivity contribution in [3.63, 3.8) is 0 Å². The highest BCUT2D eigenvalue weighted by Gasteiger charge is 1.98. The third-order valence-corrected chi connectivity index (χ3v) is 2.14. The molecular weight excluding hydrogens is 222 g/mol. The van der Waals surface area contributed by atoms with Crippen LogP contribution in [0.3, 0.4) is 0 Å². The van der Waals surface area contributed by atoms with Crippen molar-refractivity contribution in [2.75, 3.05) is 0 Å². The van der Waals surface area contributed by atoms with Crippen LogP contribution in [0.2, 0.25) is 15.1 Å². The van der Waals surface area contributed by atoms with Gasteiger partial charge in [0.2, 0.25) is 0 Å². The zero-order chi connectivity index (χ0) is 9.56.